The Morgan fingerprint density at radius 2 is 1.59 bits per heavy atom. The molecule has 2 aromatic heterocycles. The maximum Gasteiger partial charge on any atom is 0.379 e. The average Bonchev–Trinajstić information content (AvgIpc) is 3.50. The second kappa shape index (κ2) is 11.4. The van der Waals surface area contributed by atoms with Crippen molar-refractivity contribution in [3.8, 4) is 11.4 Å². The minimum Gasteiger partial charge on any atom is -0.351 e. The van der Waals surface area contributed by atoms with Crippen molar-refractivity contribution in [3.63, 3.8) is 0 Å². The van der Waals surface area contributed by atoms with Gasteiger partial charge in [-0.25, -0.2) is 17.7 Å². The van der Waals surface area contributed by atoms with Crippen molar-refractivity contribution in [2.45, 2.75) is 0 Å². The lowest BCUT2D eigenvalue weighted by Crippen LogP contribution is -2.28. The highest BCUT2D eigenvalue weighted by atomic mass is 32.2. The molecule has 12 nitrogen and oxygen atoms in total. The second-order valence-corrected chi connectivity index (χ2v) is 11.6. The smallest absolute Gasteiger partial charge is 0.351 e. The number of fused-ring (bicyclic) bond motifs is 1. The summed E-state index contributed by atoms with van der Waals surface area (Å²) in [5.74, 6) is -1.66. The number of hydrogen-bond donors (Lipinski definition) is 1. The Labute approximate surface area is 223 Å². The van der Waals surface area contributed by atoms with Crippen LogP contribution in [0.15, 0.2) is 48.8 Å². The lowest BCUT2D eigenvalue weighted by atomic mass is 10.1. The van der Waals surface area contributed by atoms with Crippen LogP contribution in [0.2, 0.25) is 0 Å². The molecule has 1 amide bonds. The molecule has 0 aliphatic heterocycles. The zero-order chi connectivity index (χ0) is 29.1. The SMILES string of the molecule is CN(C)C=O.CN(C)S(=O)(=O)n1ccnc1-c1cc(F)c2c(c1)c(/C=C/c1ccc(F)cc1)nn2S(=O)(=O)O. The van der Waals surface area contributed by atoms with E-state index in [1.165, 1.54) is 73.9 Å². The first kappa shape index (κ1) is 29.6. The van der Waals surface area contributed by atoms with Crippen molar-refractivity contribution in [1.82, 2.24) is 27.3 Å². The number of rotatable bonds is 7. The first-order chi connectivity index (χ1) is 18.2. The van der Waals surface area contributed by atoms with Gasteiger partial charge in [0, 0.05) is 51.5 Å². The van der Waals surface area contributed by atoms with Crippen LogP contribution in [0.4, 0.5) is 8.78 Å². The predicted molar refractivity (Wildman–Crippen MR) is 141 cm³/mol. The van der Waals surface area contributed by atoms with E-state index in [0.29, 0.717) is 5.56 Å². The van der Waals surface area contributed by atoms with Crippen LogP contribution in [0.1, 0.15) is 11.3 Å². The van der Waals surface area contributed by atoms with Gasteiger partial charge in [-0.1, -0.05) is 18.2 Å². The second-order valence-electron chi connectivity index (χ2n) is 8.35. The topological polar surface area (TPSA) is 148 Å². The zero-order valence-electron chi connectivity index (χ0n) is 21.1. The molecule has 0 aliphatic rings. The van der Waals surface area contributed by atoms with E-state index >= 15 is 4.39 Å². The lowest BCUT2D eigenvalue weighted by Gasteiger charge is -2.14. The van der Waals surface area contributed by atoms with Crippen LogP contribution in [-0.4, -0.2) is 83.3 Å². The minimum absolute atomic E-state index is 0.0201. The van der Waals surface area contributed by atoms with Crippen LogP contribution in [0, 0.1) is 11.6 Å². The van der Waals surface area contributed by atoms with Crippen LogP contribution in [0.5, 0.6) is 0 Å². The van der Waals surface area contributed by atoms with Crippen molar-refractivity contribution in [2.75, 3.05) is 28.2 Å². The molecule has 0 spiro atoms. The van der Waals surface area contributed by atoms with E-state index in [4.69, 9.17) is 0 Å². The minimum atomic E-state index is -4.97. The van der Waals surface area contributed by atoms with Crippen LogP contribution in [-0.2, 0) is 25.3 Å². The quantitative estimate of drug-likeness (QED) is 0.258. The van der Waals surface area contributed by atoms with E-state index in [0.717, 1.165) is 20.8 Å². The maximum atomic E-state index is 15.1. The number of carbonyl (C=O) groups is 1. The largest absolute Gasteiger partial charge is 0.379 e. The molecule has 0 unspecified atom stereocenters. The first-order valence-electron chi connectivity index (χ1n) is 10.9. The van der Waals surface area contributed by atoms with Gasteiger partial charge in [0.1, 0.15) is 11.3 Å². The molecule has 0 bridgehead atoms. The van der Waals surface area contributed by atoms with Crippen molar-refractivity contribution in [1.29, 1.82) is 0 Å². The molecule has 0 atom stereocenters. The van der Waals surface area contributed by atoms with E-state index < -0.39 is 37.7 Å². The van der Waals surface area contributed by atoms with Gasteiger partial charge in [0.2, 0.25) is 6.41 Å². The molecule has 16 heteroatoms. The highest BCUT2D eigenvalue weighted by Gasteiger charge is 2.25. The van der Waals surface area contributed by atoms with Crippen LogP contribution in [0.3, 0.4) is 0 Å². The van der Waals surface area contributed by atoms with E-state index in [1.54, 1.807) is 14.1 Å². The summed E-state index contributed by atoms with van der Waals surface area (Å²) >= 11 is 0. The Morgan fingerprint density at radius 1 is 0.974 bits per heavy atom. The molecule has 0 saturated carbocycles. The summed E-state index contributed by atoms with van der Waals surface area (Å²) in [4.78, 5) is 14.9. The molecular weight excluding hydrogens is 558 g/mol. The molecule has 1 N–H and O–H groups in total. The third-order valence-corrected chi connectivity index (χ3v) is 7.45. The molecule has 208 valence electrons. The summed E-state index contributed by atoms with van der Waals surface area (Å²) in [5.41, 5.74) is -0.0307. The summed E-state index contributed by atoms with van der Waals surface area (Å²) in [6.07, 6.45) is 5.99. The third kappa shape index (κ3) is 6.54. The molecule has 0 fully saturated rings. The number of nitrogens with zero attached hydrogens (tertiary/aromatic N) is 6. The standard InChI is InChI=1S/C20H17F2N5O5S2.C3H7NO/c1-25(2)33(28,29)26-10-9-23-20(26)14-11-16-18(8-5-13-3-6-15(21)7-4-13)24-27(34(30,31)32)19(16)17(22)12-14;1-4(2)3-5/h3-12H,1-2H3,(H,30,31,32);3H,1-2H3/b8-5+;. The summed E-state index contributed by atoms with van der Waals surface area (Å²) < 4.78 is 88.6. The summed E-state index contributed by atoms with van der Waals surface area (Å²) in [6, 6.07) is 7.56. The number of aromatic nitrogens is 4. The summed E-state index contributed by atoms with van der Waals surface area (Å²) in [7, 11) is -2.95. The van der Waals surface area contributed by atoms with Crippen LogP contribution >= 0.6 is 0 Å². The van der Waals surface area contributed by atoms with E-state index in [9.17, 15) is 30.6 Å². The van der Waals surface area contributed by atoms with Gasteiger partial charge >= 0.3 is 20.5 Å². The molecular formula is C23H24F2N6O6S2. The Morgan fingerprint density at radius 3 is 2.13 bits per heavy atom. The van der Waals surface area contributed by atoms with Crippen molar-refractivity contribution in [3.05, 3.63) is 71.7 Å². The lowest BCUT2D eigenvalue weighted by molar-refractivity contribution is -0.115. The van der Waals surface area contributed by atoms with Gasteiger partial charge in [-0.05, 0) is 35.9 Å². The maximum absolute atomic E-state index is 15.1. The van der Waals surface area contributed by atoms with E-state index in [2.05, 4.69) is 10.1 Å². The number of carbonyl (C=O) groups excluding carboxylic acids is 1. The number of benzene rings is 2. The van der Waals surface area contributed by atoms with E-state index in [1.807, 2.05) is 0 Å². The molecule has 0 aliphatic carbocycles. The molecule has 2 heterocycles. The molecule has 4 aromatic rings. The van der Waals surface area contributed by atoms with Gasteiger partial charge in [0.15, 0.2) is 11.6 Å². The average molecular weight is 583 g/mol. The van der Waals surface area contributed by atoms with Crippen molar-refractivity contribution >= 4 is 50.0 Å². The summed E-state index contributed by atoms with van der Waals surface area (Å²) in [6.45, 7) is 0. The van der Waals surface area contributed by atoms with Gasteiger partial charge < -0.3 is 4.90 Å². The number of halogens is 2. The molecule has 0 radical (unpaired) electrons. The Hall–Kier alpha value is -3.99. The highest BCUT2D eigenvalue weighted by molar-refractivity contribution is 7.87. The van der Waals surface area contributed by atoms with Gasteiger partial charge in [-0.15, -0.1) is 4.09 Å². The highest BCUT2D eigenvalue weighted by Crippen LogP contribution is 2.31. The Balaban J connectivity index is 0.000000771. The Kier molecular flexibility index (Phi) is 8.64. The number of imidazole rings is 1. The first-order valence-corrected chi connectivity index (χ1v) is 13.7. The molecule has 0 saturated heterocycles. The van der Waals surface area contributed by atoms with Crippen LogP contribution in [0.25, 0.3) is 34.4 Å². The molecule has 4 rings (SSSR count). The molecule has 2 aromatic carbocycles. The fraction of sp³-hybridized carbons (Fsp3) is 0.174. The van der Waals surface area contributed by atoms with E-state index in [-0.39, 0.29) is 26.6 Å². The van der Waals surface area contributed by atoms with Gasteiger partial charge in [0.05, 0.1) is 5.69 Å². The van der Waals surface area contributed by atoms with Crippen molar-refractivity contribution in [2.24, 2.45) is 0 Å². The normalized spacial score (nSPS) is 12.1. The fourth-order valence-corrected chi connectivity index (χ4v) is 4.75. The van der Waals surface area contributed by atoms with Gasteiger partial charge in [-0.3, -0.25) is 9.35 Å². The monoisotopic (exact) mass is 582 g/mol. The van der Waals surface area contributed by atoms with Crippen molar-refractivity contribution < 1.29 is 35.0 Å². The number of hydrogen-bond acceptors (Lipinski definition) is 7. The zero-order valence-corrected chi connectivity index (χ0v) is 22.7. The predicted octanol–water partition coefficient (Wildman–Crippen LogP) is 2.36. The van der Waals surface area contributed by atoms with Gasteiger partial charge in [-0.2, -0.15) is 26.2 Å². The Bertz CT molecular complexity index is 1750. The van der Waals surface area contributed by atoms with Crippen LogP contribution < -0.4 is 0 Å². The third-order valence-electron chi connectivity index (χ3n) is 5.04. The summed E-state index contributed by atoms with van der Waals surface area (Å²) in [5, 5.41) is 3.76. The number of amides is 1. The fourth-order valence-electron chi connectivity index (χ4n) is 3.21. The molecule has 39 heavy (non-hydrogen) atoms. The van der Waals surface area contributed by atoms with Gasteiger partial charge in [0.25, 0.3) is 0 Å².